The minimum Gasteiger partial charge on any atom is -0.733 e. The van der Waals surface area contributed by atoms with E-state index < -0.39 is 5.41 Å². The Labute approximate surface area is 274 Å². The number of amides is 1. The number of anilines is 2. The van der Waals surface area contributed by atoms with Crippen molar-refractivity contribution in [2.24, 2.45) is 50.2 Å². The lowest BCUT2D eigenvalue weighted by Crippen LogP contribution is -2.66. The zero-order chi connectivity index (χ0) is 33.7. The third kappa shape index (κ3) is 4.71. The predicted octanol–water partition coefficient (Wildman–Crippen LogP) is 8.23. The second kappa shape index (κ2) is 10.6. The lowest BCUT2D eigenvalue weighted by atomic mass is 9.33. The highest BCUT2D eigenvalue weighted by Crippen LogP contribution is 2.75. The Morgan fingerprint density at radius 2 is 1.67 bits per heavy atom. The SMILES string of the molecule is CC(=O)O[C@H]1CC[C@@]2(C)[C@H](CC[C@]3(C)[C@@H]2C(=O)C=C2[C@H]4C[C@@](C)(C(=O)Nc5cccc(N([O-])O)c5)CC[C@]4(C)CC[C@@]23C)C1(C)C. The zero-order valence-corrected chi connectivity index (χ0v) is 29.0. The average molecular weight is 634 g/mol. The van der Waals surface area contributed by atoms with Crippen molar-refractivity contribution in [3.63, 3.8) is 0 Å². The van der Waals surface area contributed by atoms with Crippen molar-refractivity contribution in [1.29, 1.82) is 0 Å². The van der Waals surface area contributed by atoms with Crippen molar-refractivity contribution in [3.8, 4) is 0 Å². The lowest BCUT2D eigenvalue weighted by molar-refractivity contribution is -0.210. The van der Waals surface area contributed by atoms with Crippen LogP contribution in [0.25, 0.3) is 0 Å². The zero-order valence-electron chi connectivity index (χ0n) is 29.0. The second-order valence-electron chi connectivity index (χ2n) is 17.5. The van der Waals surface area contributed by atoms with Crippen LogP contribution in [-0.4, -0.2) is 29.0 Å². The summed E-state index contributed by atoms with van der Waals surface area (Å²) in [5, 5.41) is 23.6. The molecule has 5 aliphatic carbocycles. The molecule has 46 heavy (non-hydrogen) atoms. The van der Waals surface area contributed by atoms with Crippen molar-refractivity contribution in [2.75, 3.05) is 10.5 Å². The number of esters is 1. The molecular formula is C38H53N2O6-. The van der Waals surface area contributed by atoms with Crippen LogP contribution in [0.3, 0.4) is 0 Å². The summed E-state index contributed by atoms with van der Waals surface area (Å²) in [5.41, 5.74) is 0.346. The first-order chi connectivity index (χ1) is 21.3. The number of ether oxygens (including phenoxy) is 1. The van der Waals surface area contributed by atoms with Gasteiger partial charge in [-0.25, -0.2) is 0 Å². The Bertz CT molecular complexity index is 1480. The van der Waals surface area contributed by atoms with Crippen LogP contribution >= 0.6 is 0 Å². The van der Waals surface area contributed by atoms with Crippen molar-refractivity contribution in [1.82, 2.24) is 0 Å². The van der Waals surface area contributed by atoms with Crippen LogP contribution in [-0.2, 0) is 19.1 Å². The second-order valence-corrected chi connectivity index (χ2v) is 17.5. The molecule has 9 atom stereocenters. The molecule has 0 unspecified atom stereocenters. The highest BCUT2D eigenvalue weighted by Gasteiger charge is 2.70. The Balaban J connectivity index is 1.33. The van der Waals surface area contributed by atoms with E-state index in [0.717, 1.165) is 51.4 Å². The molecule has 0 aromatic heterocycles. The first kappa shape index (κ1) is 33.2. The summed E-state index contributed by atoms with van der Waals surface area (Å²) < 4.78 is 5.86. The van der Waals surface area contributed by atoms with E-state index in [4.69, 9.17) is 4.74 Å². The molecule has 6 rings (SSSR count). The molecule has 1 amide bonds. The molecule has 0 saturated heterocycles. The molecular weight excluding hydrogens is 580 g/mol. The van der Waals surface area contributed by atoms with Crippen LogP contribution in [0.5, 0.6) is 0 Å². The fourth-order valence-corrected chi connectivity index (χ4v) is 11.8. The lowest BCUT2D eigenvalue weighted by Gasteiger charge is -2.70. The molecule has 1 aromatic rings. The topological polar surface area (TPSA) is 119 Å². The molecule has 0 spiro atoms. The van der Waals surface area contributed by atoms with Crippen molar-refractivity contribution in [2.45, 2.75) is 119 Å². The van der Waals surface area contributed by atoms with Crippen molar-refractivity contribution >= 4 is 29.0 Å². The molecule has 8 heteroatoms. The Hall–Kier alpha value is -2.71. The fraction of sp³-hybridized carbons (Fsp3) is 0.711. The van der Waals surface area contributed by atoms with Gasteiger partial charge < -0.3 is 20.5 Å². The maximum absolute atomic E-state index is 14.7. The standard InChI is InChI=1S/C38H53N2O6/c1-23(41)46-30-13-14-36(6)29(33(30,2)3)12-15-38(8)31(36)28(42)21-26-27-22-35(5,17-16-34(27,4)18-19-37(26,38)7)32(43)39-24-10-9-11-25(20-24)40(44)45/h9-11,20-21,27,29-31,44H,12-19,22H2,1-8H3,(H,39,43)/q-1/t27-,29-,30+,31-,34-,35+,36+,37+,38-/m1/s1. The molecule has 252 valence electrons. The molecule has 2 N–H and O–H groups in total. The minimum absolute atomic E-state index is 0.0135. The number of hydrogen-bond acceptors (Lipinski definition) is 7. The number of allylic oxidation sites excluding steroid dienone is 2. The van der Waals surface area contributed by atoms with E-state index in [9.17, 15) is 24.8 Å². The van der Waals surface area contributed by atoms with Crippen molar-refractivity contribution < 1.29 is 24.3 Å². The molecule has 0 bridgehead atoms. The summed E-state index contributed by atoms with van der Waals surface area (Å²) in [6, 6.07) is 6.31. The summed E-state index contributed by atoms with van der Waals surface area (Å²) in [6.07, 6.45) is 9.90. The Morgan fingerprint density at radius 1 is 0.978 bits per heavy atom. The number of nitrogens with one attached hydrogen (secondary N) is 1. The number of hydrogen-bond donors (Lipinski definition) is 2. The number of fused-ring (bicyclic) bond motifs is 7. The van der Waals surface area contributed by atoms with E-state index in [1.807, 2.05) is 13.0 Å². The number of benzene rings is 1. The van der Waals surface area contributed by atoms with Gasteiger partial charge in [-0.15, -0.1) is 0 Å². The van der Waals surface area contributed by atoms with Gasteiger partial charge in [0.1, 0.15) is 6.10 Å². The summed E-state index contributed by atoms with van der Waals surface area (Å²) in [7, 11) is 0. The van der Waals surface area contributed by atoms with Gasteiger partial charge in [-0.2, -0.15) is 0 Å². The number of nitrogens with zero attached hydrogens (tertiary/aromatic N) is 1. The van der Waals surface area contributed by atoms with E-state index in [1.165, 1.54) is 24.6 Å². The molecule has 4 fully saturated rings. The van der Waals surface area contributed by atoms with E-state index in [2.05, 4.69) is 46.9 Å². The van der Waals surface area contributed by atoms with Gasteiger partial charge in [0.05, 0.1) is 5.69 Å². The normalized spacial score (nSPS) is 42.7. The first-order valence-electron chi connectivity index (χ1n) is 17.3. The molecule has 1 aromatic carbocycles. The van der Waals surface area contributed by atoms with Gasteiger partial charge in [0.2, 0.25) is 5.91 Å². The quantitative estimate of drug-likeness (QED) is 0.253. The predicted molar refractivity (Wildman–Crippen MR) is 178 cm³/mol. The van der Waals surface area contributed by atoms with E-state index >= 15 is 0 Å². The summed E-state index contributed by atoms with van der Waals surface area (Å²) in [5.74, 6) is 0.190. The molecule has 0 radical (unpaired) electrons. The summed E-state index contributed by atoms with van der Waals surface area (Å²) in [6.45, 7) is 17.5. The van der Waals surface area contributed by atoms with Gasteiger partial charge in [-0.3, -0.25) is 19.6 Å². The summed E-state index contributed by atoms with van der Waals surface area (Å²) >= 11 is 0. The maximum Gasteiger partial charge on any atom is 0.302 e. The smallest absolute Gasteiger partial charge is 0.302 e. The van der Waals surface area contributed by atoms with E-state index in [1.54, 1.807) is 12.1 Å². The number of rotatable bonds is 4. The fourth-order valence-electron chi connectivity index (χ4n) is 11.8. The average Bonchev–Trinajstić information content (AvgIpc) is 2.96. The van der Waals surface area contributed by atoms with Gasteiger partial charge in [0.15, 0.2) is 5.78 Å². The van der Waals surface area contributed by atoms with Crippen LogP contribution in [0.4, 0.5) is 11.4 Å². The van der Waals surface area contributed by atoms with Crippen molar-refractivity contribution in [3.05, 3.63) is 41.1 Å². The monoisotopic (exact) mass is 633 g/mol. The van der Waals surface area contributed by atoms with Crippen LogP contribution < -0.4 is 10.5 Å². The molecule has 0 heterocycles. The molecule has 0 aliphatic heterocycles. The van der Waals surface area contributed by atoms with Crippen LogP contribution in [0.2, 0.25) is 0 Å². The number of carbonyl (C=O) groups excluding carboxylic acids is 3. The van der Waals surface area contributed by atoms with Crippen LogP contribution in [0, 0.1) is 55.5 Å². The summed E-state index contributed by atoms with van der Waals surface area (Å²) in [4.78, 5) is 40.6. The largest absolute Gasteiger partial charge is 0.733 e. The van der Waals surface area contributed by atoms with Crippen LogP contribution in [0.15, 0.2) is 35.9 Å². The highest BCUT2D eigenvalue weighted by atomic mass is 16.8. The van der Waals surface area contributed by atoms with Gasteiger partial charge in [-0.05, 0) is 116 Å². The molecule has 5 aliphatic rings. The van der Waals surface area contributed by atoms with Gasteiger partial charge >= 0.3 is 5.97 Å². The number of carbonyl (C=O) groups is 3. The Kier molecular flexibility index (Phi) is 7.68. The van der Waals surface area contributed by atoms with Gasteiger partial charge in [0.25, 0.3) is 0 Å². The minimum atomic E-state index is -0.654. The van der Waals surface area contributed by atoms with E-state index in [0.29, 0.717) is 12.1 Å². The third-order valence-electron chi connectivity index (χ3n) is 14.7. The third-order valence-corrected chi connectivity index (χ3v) is 14.7. The van der Waals surface area contributed by atoms with E-state index in [-0.39, 0.29) is 79.5 Å². The molecule has 4 saturated carbocycles. The first-order valence-corrected chi connectivity index (χ1v) is 17.3. The maximum atomic E-state index is 14.7. The molecule has 8 nitrogen and oxygen atoms in total. The number of ketones is 1. The van der Waals surface area contributed by atoms with Gasteiger partial charge in [0, 0.05) is 29.4 Å². The van der Waals surface area contributed by atoms with Gasteiger partial charge in [-0.1, -0.05) is 60.1 Å². The Morgan fingerprint density at radius 3 is 2.35 bits per heavy atom. The van der Waals surface area contributed by atoms with Crippen LogP contribution in [0.1, 0.15) is 113 Å². The highest BCUT2D eigenvalue weighted by molar-refractivity contribution is 5.97.